The first kappa shape index (κ1) is 18.1. The van der Waals surface area contributed by atoms with Crippen LogP contribution in [-0.2, 0) is 9.63 Å². The van der Waals surface area contributed by atoms with Crippen molar-refractivity contribution in [1.29, 1.82) is 0 Å². The molecule has 1 heterocycles. The molecule has 0 aliphatic carbocycles. The van der Waals surface area contributed by atoms with Crippen LogP contribution in [-0.4, -0.2) is 48.4 Å². The summed E-state index contributed by atoms with van der Waals surface area (Å²) in [5.41, 5.74) is 4.54. The van der Waals surface area contributed by atoms with E-state index in [1.165, 1.54) is 11.1 Å². The van der Waals surface area contributed by atoms with E-state index >= 15 is 0 Å². The van der Waals surface area contributed by atoms with E-state index in [4.69, 9.17) is 9.94 Å². The third kappa shape index (κ3) is 4.49. The Morgan fingerprint density at radius 1 is 1.23 bits per heavy atom. The van der Waals surface area contributed by atoms with E-state index < -0.39 is 5.97 Å². The molecule has 1 N–H and O–H groups in total. The molecule has 1 aliphatic heterocycles. The molecule has 1 saturated heterocycles. The molecule has 0 saturated carbocycles. The number of nitrogens with zero attached hydrogens (tertiary/aromatic N) is 2. The Kier molecular flexibility index (Phi) is 6.02. The number of aryl methyl sites for hydroxylation is 1. The smallest absolute Gasteiger partial charge is 0.307 e. The number of oxime groups is 1. The standard InChI is InChI=1S/C21H24N2O3/c1-16-6-2-4-8-19(16)20-9-5-3-7-17(20)14-22-26-13-12-23-11-10-18(15-23)21(24)25/h2-9,14,18H,10-13,15H2,1H3,(H,24,25)/b22-14+. The minimum absolute atomic E-state index is 0.250. The summed E-state index contributed by atoms with van der Waals surface area (Å²) >= 11 is 0. The van der Waals surface area contributed by atoms with E-state index in [2.05, 4.69) is 35.2 Å². The molecule has 0 aromatic heterocycles. The Morgan fingerprint density at radius 2 is 1.96 bits per heavy atom. The van der Waals surface area contributed by atoms with Crippen molar-refractivity contribution < 1.29 is 14.7 Å². The summed E-state index contributed by atoms with van der Waals surface area (Å²) < 4.78 is 0. The van der Waals surface area contributed by atoms with Gasteiger partial charge in [-0.05, 0) is 36.6 Å². The average molecular weight is 352 g/mol. The van der Waals surface area contributed by atoms with Crippen molar-refractivity contribution in [2.24, 2.45) is 11.1 Å². The van der Waals surface area contributed by atoms with Gasteiger partial charge in [-0.3, -0.25) is 9.69 Å². The van der Waals surface area contributed by atoms with Crippen LogP contribution in [0.2, 0.25) is 0 Å². The molecule has 0 bridgehead atoms. The zero-order chi connectivity index (χ0) is 18.4. The SMILES string of the molecule is Cc1ccccc1-c1ccccc1/C=N/OCCN1CCC(C(=O)O)C1. The van der Waals surface area contributed by atoms with Gasteiger partial charge < -0.3 is 9.94 Å². The summed E-state index contributed by atoms with van der Waals surface area (Å²) in [4.78, 5) is 18.5. The highest BCUT2D eigenvalue weighted by Crippen LogP contribution is 2.25. The second kappa shape index (κ2) is 8.63. The summed E-state index contributed by atoms with van der Waals surface area (Å²) in [6, 6.07) is 16.4. The van der Waals surface area contributed by atoms with Crippen LogP contribution in [0.4, 0.5) is 0 Å². The molecule has 1 aliphatic rings. The molecule has 5 nitrogen and oxygen atoms in total. The first-order chi connectivity index (χ1) is 12.6. The van der Waals surface area contributed by atoms with Gasteiger partial charge in [0.2, 0.25) is 0 Å². The summed E-state index contributed by atoms with van der Waals surface area (Å²) in [6.45, 7) is 4.65. The molecule has 1 fully saturated rings. The van der Waals surface area contributed by atoms with E-state index in [1.807, 2.05) is 30.3 Å². The van der Waals surface area contributed by atoms with Gasteiger partial charge in [-0.1, -0.05) is 53.7 Å². The number of hydrogen-bond acceptors (Lipinski definition) is 4. The van der Waals surface area contributed by atoms with Crippen LogP contribution in [0.15, 0.2) is 53.7 Å². The molecule has 26 heavy (non-hydrogen) atoms. The van der Waals surface area contributed by atoms with Gasteiger partial charge in [0.15, 0.2) is 0 Å². The molecule has 5 heteroatoms. The molecule has 0 spiro atoms. The van der Waals surface area contributed by atoms with Crippen LogP contribution >= 0.6 is 0 Å². The Morgan fingerprint density at radius 3 is 2.69 bits per heavy atom. The lowest BCUT2D eigenvalue weighted by Gasteiger charge is -2.13. The van der Waals surface area contributed by atoms with Gasteiger partial charge >= 0.3 is 5.97 Å². The summed E-state index contributed by atoms with van der Waals surface area (Å²) in [5, 5.41) is 13.1. The van der Waals surface area contributed by atoms with Crippen molar-refractivity contribution >= 4 is 12.2 Å². The number of aliphatic carboxylic acids is 1. The average Bonchev–Trinajstić information content (AvgIpc) is 3.12. The first-order valence-electron chi connectivity index (χ1n) is 8.90. The Balaban J connectivity index is 1.55. The molecule has 2 aromatic carbocycles. The molecule has 0 amide bonds. The fourth-order valence-electron chi connectivity index (χ4n) is 3.28. The van der Waals surface area contributed by atoms with Crippen LogP contribution < -0.4 is 0 Å². The third-order valence-electron chi connectivity index (χ3n) is 4.78. The molecule has 2 aromatic rings. The van der Waals surface area contributed by atoms with Crippen molar-refractivity contribution in [2.45, 2.75) is 13.3 Å². The molecule has 1 unspecified atom stereocenters. The normalized spacial score (nSPS) is 17.7. The zero-order valence-electron chi connectivity index (χ0n) is 15.0. The number of likely N-dealkylation sites (tertiary alicyclic amines) is 1. The van der Waals surface area contributed by atoms with Gasteiger partial charge in [0.25, 0.3) is 0 Å². The first-order valence-corrected chi connectivity index (χ1v) is 8.90. The maximum Gasteiger partial charge on any atom is 0.307 e. The predicted molar refractivity (Wildman–Crippen MR) is 102 cm³/mol. The summed E-state index contributed by atoms with van der Waals surface area (Å²) in [7, 11) is 0. The van der Waals surface area contributed by atoms with E-state index in [1.54, 1.807) is 6.21 Å². The van der Waals surface area contributed by atoms with Crippen LogP contribution in [0.25, 0.3) is 11.1 Å². The Hall–Kier alpha value is -2.66. The van der Waals surface area contributed by atoms with Gasteiger partial charge in [0.1, 0.15) is 6.61 Å². The fraction of sp³-hybridized carbons (Fsp3) is 0.333. The number of carbonyl (C=O) groups is 1. The monoisotopic (exact) mass is 352 g/mol. The second-order valence-corrected chi connectivity index (χ2v) is 6.59. The van der Waals surface area contributed by atoms with Gasteiger partial charge in [-0.2, -0.15) is 0 Å². The highest BCUT2D eigenvalue weighted by Gasteiger charge is 2.27. The van der Waals surface area contributed by atoms with Crippen LogP contribution in [0.5, 0.6) is 0 Å². The van der Waals surface area contributed by atoms with Crippen LogP contribution in [0.3, 0.4) is 0 Å². The lowest BCUT2D eigenvalue weighted by Crippen LogP contribution is -2.26. The highest BCUT2D eigenvalue weighted by atomic mass is 16.6. The quantitative estimate of drug-likeness (QED) is 0.471. The van der Waals surface area contributed by atoms with Gasteiger partial charge in [0.05, 0.1) is 12.1 Å². The van der Waals surface area contributed by atoms with Gasteiger partial charge in [-0.25, -0.2) is 0 Å². The minimum atomic E-state index is -0.709. The molecule has 1 atom stereocenters. The van der Waals surface area contributed by atoms with Crippen molar-refractivity contribution in [3.05, 3.63) is 59.7 Å². The van der Waals surface area contributed by atoms with Crippen LogP contribution in [0.1, 0.15) is 17.5 Å². The summed E-state index contributed by atoms with van der Waals surface area (Å²) in [6.07, 6.45) is 2.45. The molecule has 3 rings (SSSR count). The second-order valence-electron chi connectivity index (χ2n) is 6.59. The topological polar surface area (TPSA) is 62.1 Å². The number of carboxylic acid groups (broad SMARTS) is 1. The molecule has 136 valence electrons. The van der Waals surface area contributed by atoms with E-state index in [0.29, 0.717) is 26.1 Å². The highest BCUT2D eigenvalue weighted by molar-refractivity contribution is 5.90. The van der Waals surface area contributed by atoms with Gasteiger partial charge in [0, 0.05) is 18.7 Å². The van der Waals surface area contributed by atoms with Gasteiger partial charge in [-0.15, -0.1) is 0 Å². The maximum absolute atomic E-state index is 11.0. The van der Waals surface area contributed by atoms with Crippen molar-refractivity contribution in [3.8, 4) is 11.1 Å². The number of hydrogen-bond donors (Lipinski definition) is 1. The predicted octanol–water partition coefficient (Wildman–Crippen LogP) is 3.42. The third-order valence-corrected chi connectivity index (χ3v) is 4.78. The molecular formula is C21H24N2O3. The van der Waals surface area contributed by atoms with E-state index in [9.17, 15) is 4.79 Å². The van der Waals surface area contributed by atoms with Crippen molar-refractivity contribution in [3.63, 3.8) is 0 Å². The lowest BCUT2D eigenvalue weighted by molar-refractivity contribution is -0.141. The molecular weight excluding hydrogens is 328 g/mol. The number of benzene rings is 2. The Labute approximate surface area is 153 Å². The van der Waals surface area contributed by atoms with E-state index in [0.717, 1.165) is 17.7 Å². The Bertz CT molecular complexity index is 788. The fourth-order valence-corrected chi connectivity index (χ4v) is 3.28. The van der Waals surface area contributed by atoms with Crippen molar-refractivity contribution in [2.75, 3.05) is 26.2 Å². The maximum atomic E-state index is 11.0. The van der Waals surface area contributed by atoms with Crippen LogP contribution in [0, 0.1) is 12.8 Å². The zero-order valence-corrected chi connectivity index (χ0v) is 15.0. The molecule has 0 radical (unpaired) electrons. The number of carboxylic acids is 1. The van der Waals surface area contributed by atoms with Crippen molar-refractivity contribution in [1.82, 2.24) is 4.90 Å². The van der Waals surface area contributed by atoms with E-state index in [-0.39, 0.29) is 5.92 Å². The number of rotatable bonds is 7. The minimum Gasteiger partial charge on any atom is -0.481 e. The lowest BCUT2D eigenvalue weighted by atomic mass is 9.97. The summed E-state index contributed by atoms with van der Waals surface area (Å²) in [5.74, 6) is -0.959. The largest absolute Gasteiger partial charge is 0.481 e.